The predicted octanol–water partition coefficient (Wildman–Crippen LogP) is 2.80. The highest BCUT2D eigenvalue weighted by Gasteiger charge is 2.37. The van der Waals surface area contributed by atoms with Gasteiger partial charge in [0.1, 0.15) is 17.0 Å². The summed E-state index contributed by atoms with van der Waals surface area (Å²) in [6, 6.07) is 0. The van der Waals surface area contributed by atoms with Crippen LogP contribution in [0.25, 0.3) is 0 Å². The van der Waals surface area contributed by atoms with Crippen molar-refractivity contribution >= 4 is 17.4 Å². The summed E-state index contributed by atoms with van der Waals surface area (Å²) in [4.78, 5) is 34.6. The monoisotopic (exact) mass is 403 g/mol. The number of nitrogens with one attached hydrogen (secondary N) is 1. The van der Waals surface area contributed by atoms with E-state index in [1.807, 2.05) is 0 Å². The van der Waals surface area contributed by atoms with E-state index in [0.717, 1.165) is 13.1 Å². The first kappa shape index (κ1) is 23.1. The molecule has 0 unspecified atom stereocenters. The summed E-state index contributed by atoms with van der Waals surface area (Å²) in [5.74, 6) is -8.13. The predicted molar refractivity (Wildman–Crippen MR) is 92.8 cm³/mol. The van der Waals surface area contributed by atoms with E-state index in [4.69, 9.17) is 4.74 Å². The van der Waals surface area contributed by atoms with Crippen molar-refractivity contribution in [3.63, 3.8) is 0 Å². The van der Waals surface area contributed by atoms with E-state index >= 15 is 0 Å². The Bertz CT molecular complexity index is 823. The van der Waals surface area contributed by atoms with Gasteiger partial charge in [0.25, 0.3) is 0 Å². The minimum absolute atomic E-state index is 0.143. The molecule has 1 aromatic rings. The van der Waals surface area contributed by atoms with Gasteiger partial charge in [-0.2, -0.15) is 4.39 Å². The van der Waals surface area contributed by atoms with Gasteiger partial charge >= 0.3 is 11.7 Å². The molecule has 28 heavy (non-hydrogen) atoms. The van der Waals surface area contributed by atoms with E-state index < -0.39 is 56.5 Å². The fourth-order valence-electron chi connectivity index (χ4n) is 2.27. The molecule has 1 rings (SSSR count). The normalized spacial score (nSPS) is 11.5. The fourth-order valence-corrected chi connectivity index (χ4v) is 2.27. The molecule has 0 amide bonds. The number of hydrogen-bond acceptors (Lipinski definition) is 7. The van der Waals surface area contributed by atoms with Gasteiger partial charge < -0.3 is 10.2 Å². The Hall–Kier alpha value is -2.95. The number of halogens is 3. The van der Waals surface area contributed by atoms with Gasteiger partial charge in [0.2, 0.25) is 11.6 Å². The lowest BCUT2D eigenvalue weighted by atomic mass is 9.98. The van der Waals surface area contributed by atoms with Gasteiger partial charge in [-0.1, -0.05) is 13.8 Å². The molecule has 8 nitrogen and oxygen atoms in total. The lowest BCUT2D eigenvalue weighted by Gasteiger charge is -2.18. The number of esters is 1. The van der Waals surface area contributed by atoms with Crippen molar-refractivity contribution < 1.29 is 32.4 Å². The molecule has 0 fully saturated rings. The molecule has 154 valence electrons. The lowest BCUT2D eigenvalue weighted by molar-refractivity contribution is -0.388. The summed E-state index contributed by atoms with van der Waals surface area (Å²) in [7, 11) is 0. The number of hydrazine groups is 1. The van der Waals surface area contributed by atoms with Crippen LogP contribution >= 0.6 is 0 Å². The zero-order valence-electron chi connectivity index (χ0n) is 15.8. The Labute approximate surface area is 159 Å². The van der Waals surface area contributed by atoms with Crippen molar-refractivity contribution in [2.24, 2.45) is 0 Å². The van der Waals surface area contributed by atoms with Crippen LogP contribution in [-0.4, -0.2) is 41.4 Å². The van der Waals surface area contributed by atoms with E-state index in [0.29, 0.717) is 13.1 Å². The van der Waals surface area contributed by atoms with Gasteiger partial charge in [0.15, 0.2) is 5.82 Å². The van der Waals surface area contributed by atoms with Crippen LogP contribution in [0.1, 0.15) is 36.7 Å². The number of carbonyl (C=O) groups is 2. The number of rotatable bonds is 9. The summed E-state index contributed by atoms with van der Waals surface area (Å²) in [5, 5.41) is 12.7. The first-order valence-electron chi connectivity index (χ1n) is 8.36. The third kappa shape index (κ3) is 4.66. The Morgan fingerprint density at radius 3 is 2.18 bits per heavy atom. The molecule has 0 spiro atoms. The molecule has 1 N–H and O–H groups in total. The Balaban J connectivity index is 3.66. The Morgan fingerprint density at radius 2 is 1.71 bits per heavy atom. The number of nitro benzene ring substituents is 1. The van der Waals surface area contributed by atoms with Crippen molar-refractivity contribution in [3.8, 4) is 0 Å². The molecule has 0 saturated carbocycles. The topological polar surface area (TPSA) is 102 Å². The van der Waals surface area contributed by atoms with E-state index in [1.54, 1.807) is 18.9 Å². The first-order valence-corrected chi connectivity index (χ1v) is 8.36. The molecule has 0 aromatic heterocycles. The number of Topliss-reactive ketones (excluding diaryl/α,β-unsaturated/α-hetero) is 1. The summed E-state index contributed by atoms with van der Waals surface area (Å²) in [5.41, 5.74) is -2.17. The number of ether oxygens (including phenoxy) is 1. The van der Waals surface area contributed by atoms with Gasteiger partial charge in [-0.3, -0.25) is 14.9 Å². The highest BCUT2D eigenvalue weighted by Crippen LogP contribution is 2.32. The fraction of sp³-hybridized carbons (Fsp3) is 0.412. The van der Waals surface area contributed by atoms with E-state index in [2.05, 4.69) is 5.43 Å². The molecular weight excluding hydrogens is 383 g/mol. The quantitative estimate of drug-likeness (QED) is 0.0989. The standard InChI is InChI=1S/C17H20F3N3O5/c1-5-22(6-2)21-8-10(17(25)28-7-3)16(24)11-12(18)9(4)13(19)14(20)15(11)23(26)27/h8,21H,5-7H2,1-4H3/b10-8+. The molecule has 0 heterocycles. The van der Waals surface area contributed by atoms with Gasteiger partial charge in [-0.05, 0) is 13.8 Å². The number of carbonyl (C=O) groups excluding carboxylic acids is 2. The minimum atomic E-state index is -1.99. The minimum Gasteiger partial charge on any atom is -0.462 e. The Morgan fingerprint density at radius 1 is 1.14 bits per heavy atom. The molecule has 1 aromatic carbocycles. The van der Waals surface area contributed by atoms with Crippen LogP contribution in [0.3, 0.4) is 0 Å². The van der Waals surface area contributed by atoms with Crippen LogP contribution in [0.4, 0.5) is 18.9 Å². The van der Waals surface area contributed by atoms with Gasteiger partial charge in [0, 0.05) is 24.9 Å². The van der Waals surface area contributed by atoms with E-state index in [9.17, 15) is 32.9 Å². The molecule has 0 saturated heterocycles. The van der Waals surface area contributed by atoms with Crippen molar-refractivity contribution in [1.29, 1.82) is 0 Å². The van der Waals surface area contributed by atoms with Crippen molar-refractivity contribution in [2.75, 3.05) is 19.7 Å². The van der Waals surface area contributed by atoms with Crippen LogP contribution in [-0.2, 0) is 9.53 Å². The average molecular weight is 403 g/mol. The molecule has 0 aliphatic rings. The third-order valence-corrected chi connectivity index (χ3v) is 3.82. The van der Waals surface area contributed by atoms with Gasteiger partial charge in [-0.25, -0.2) is 18.6 Å². The summed E-state index contributed by atoms with van der Waals surface area (Å²) < 4.78 is 47.0. The second-order valence-electron chi connectivity index (χ2n) is 5.46. The molecule has 11 heteroatoms. The third-order valence-electron chi connectivity index (χ3n) is 3.82. The highest BCUT2D eigenvalue weighted by molar-refractivity contribution is 6.25. The molecule has 0 aliphatic heterocycles. The summed E-state index contributed by atoms with van der Waals surface area (Å²) in [6.45, 7) is 6.56. The number of ketones is 1. The van der Waals surface area contributed by atoms with E-state index in [1.165, 1.54) is 6.92 Å². The smallest absolute Gasteiger partial charge is 0.343 e. The van der Waals surface area contributed by atoms with Crippen LogP contribution in [0.2, 0.25) is 0 Å². The molecule has 0 atom stereocenters. The maximum Gasteiger partial charge on any atom is 0.343 e. The lowest BCUT2D eigenvalue weighted by Crippen LogP contribution is -2.35. The molecular formula is C17H20F3N3O5. The summed E-state index contributed by atoms with van der Waals surface area (Å²) in [6.07, 6.45) is 0.882. The summed E-state index contributed by atoms with van der Waals surface area (Å²) >= 11 is 0. The molecule has 0 bridgehead atoms. The van der Waals surface area contributed by atoms with Crippen molar-refractivity contribution in [1.82, 2.24) is 10.4 Å². The van der Waals surface area contributed by atoms with Gasteiger partial charge in [0.05, 0.1) is 11.5 Å². The zero-order valence-corrected chi connectivity index (χ0v) is 15.8. The molecule has 0 radical (unpaired) electrons. The molecule has 0 aliphatic carbocycles. The SMILES string of the molecule is CCOC(=O)/C(=C/NN(CC)CC)C(=O)c1c(F)c(C)c(F)c(F)c1[N+](=O)[O-]. The van der Waals surface area contributed by atoms with E-state index in [-0.39, 0.29) is 6.61 Å². The highest BCUT2D eigenvalue weighted by atomic mass is 19.2. The van der Waals surface area contributed by atoms with Crippen LogP contribution in [0.15, 0.2) is 11.8 Å². The van der Waals surface area contributed by atoms with Crippen molar-refractivity contribution in [3.05, 3.63) is 50.5 Å². The number of benzene rings is 1. The largest absolute Gasteiger partial charge is 0.462 e. The number of nitrogens with zero attached hydrogens (tertiary/aromatic N) is 2. The number of hydrogen-bond donors (Lipinski definition) is 1. The van der Waals surface area contributed by atoms with Crippen LogP contribution < -0.4 is 5.43 Å². The zero-order chi connectivity index (χ0) is 21.6. The van der Waals surface area contributed by atoms with Crippen LogP contribution in [0.5, 0.6) is 0 Å². The Kier molecular flexibility index (Phi) is 8.11. The average Bonchev–Trinajstić information content (AvgIpc) is 2.65. The number of nitro groups is 1. The maximum atomic E-state index is 14.5. The van der Waals surface area contributed by atoms with Crippen LogP contribution in [0, 0.1) is 34.5 Å². The first-order chi connectivity index (χ1) is 13.1. The van der Waals surface area contributed by atoms with Crippen molar-refractivity contribution in [2.45, 2.75) is 27.7 Å². The maximum absolute atomic E-state index is 14.5. The van der Waals surface area contributed by atoms with Gasteiger partial charge in [-0.15, -0.1) is 0 Å². The second-order valence-corrected chi connectivity index (χ2v) is 5.46. The second kappa shape index (κ2) is 9.83.